The second-order valence-electron chi connectivity index (χ2n) is 6.40. The Kier molecular flexibility index (Phi) is 5.73. The summed E-state index contributed by atoms with van der Waals surface area (Å²) >= 11 is 0. The summed E-state index contributed by atoms with van der Waals surface area (Å²) in [6.07, 6.45) is 4.42. The maximum Gasteiger partial charge on any atom is 0.203 e. The molecule has 0 bridgehead atoms. The molecule has 1 aliphatic rings. The number of unbranched alkanes of at least 4 members (excludes halogenated alkanes) is 1. The maximum absolute atomic E-state index is 6.05. The third kappa shape index (κ3) is 3.65. The van der Waals surface area contributed by atoms with Crippen LogP contribution < -0.4 is 30.2 Å². The van der Waals surface area contributed by atoms with Gasteiger partial charge in [0.25, 0.3) is 0 Å². The number of anilines is 3. The van der Waals surface area contributed by atoms with E-state index in [1.807, 2.05) is 12.1 Å². The lowest BCUT2D eigenvalue weighted by atomic mass is 10.1. The summed E-state index contributed by atoms with van der Waals surface area (Å²) in [4.78, 5) is 10.8. The quantitative estimate of drug-likeness (QED) is 0.729. The van der Waals surface area contributed by atoms with E-state index in [2.05, 4.69) is 27.1 Å². The van der Waals surface area contributed by atoms with E-state index in [1.165, 1.54) is 6.33 Å². The van der Waals surface area contributed by atoms with Crippen molar-refractivity contribution in [1.29, 1.82) is 0 Å². The van der Waals surface area contributed by atoms with Crippen LogP contribution in [-0.2, 0) is 6.42 Å². The van der Waals surface area contributed by atoms with Crippen LogP contribution in [0.3, 0.4) is 0 Å². The topological polar surface area (TPSA) is 94.8 Å². The molecule has 8 nitrogen and oxygen atoms in total. The van der Waals surface area contributed by atoms with Crippen molar-refractivity contribution >= 4 is 17.3 Å². The third-order valence-corrected chi connectivity index (χ3v) is 4.72. The molecule has 3 rings (SSSR count). The van der Waals surface area contributed by atoms with Gasteiger partial charge in [-0.2, -0.15) is 0 Å². The lowest BCUT2D eigenvalue weighted by molar-refractivity contribution is 0.323. The van der Waals surface area contributed by atoms with Gasteiger partial charge in [0.05, 0.1) is 21.3 Å². The van der Waals surface area contributed by atoms with Crippen molar-refractivity contribution in [1.82, 2.24) is 9.97 Å². The molecule has 0 saturated carbocycles. The number of rotatable bonds is 8. The highest BCUT2D eigenvalue weighted by Crippen LogP contribution is 2.40. The fraction of sp³-hybridized carbons (Fsp3) is 0.474. The first-order valence-electron chi connectivity index (χ1n) is 9.05. The van der Waals surface area contributed by atoms with Crippen LogP contribution >= 0.6 is 0 Å². The average Bonchev–Trinajstić information content (AvgIpc) is 3.03. The van der Waals surface area contributed by atoms with Gasteiger partial charge in [-0.1, -0.05) is 13.3 Å². The molecular formula is C19H27N5O3. The van der Waals surface area contributed by atoms with E-state index >= 15 is 0 Å². The highest BCUT2D eigenvalue weighted by Gasteiger charge is 2.32. The highest BCUT2D eigenvalue weighted by molar-refractivity contribution is 5.81. The van der Waals surface area contributed by atoms with Crippen molar-refractivity contribution < 1.29 is 14.2 Å². The molecule has 0 aliphatic carbocycles. The van der Waals surface area contributed by atoms with Crippen LogP contribution in [0.2, 0.25) is 0 Å². The number of ether oxygens (including phenoxy) is 3. The smallest absolute Gasteiger partial charge is 0.203 e. The van der Waals surface area contributed by atoms with Gasteiger partial charge in [0.1, 0.15) is 18.2 Å². The molecule has 0 radical (unpaired) electrons. The SMILES string of the molecule is CCCCN1c2ncnc(N)c2NC1Cc1cc(OC)c(OC)c(OC)c1. The lowest BCUT2D eigenvalue weighted by Crippen LogP contribution is -2.38. The lowest BCUT2D eigenvalue weighted by Gasteiger charge is -2.26. The van der Waals surface area contributed by atoms with Gasteiger partial charge in [-0.05, 0) is 24.1 Å². The molecular weight excluding hydrogens is 346 g/mol. The van der Waals surface area contributed by atoms with Gasteiger partial charge in [0, 0.05) is 13.0 Å². The molecule has 1 atom stereocenters. The number of nitrogens with two attached hydrogens (primary N) is 1. The van der Waals surface area contributed by atoms with E-state index in [0.717, 1.165) is 42.9 Å². The molecule has 1 aromatic carbocycles. The second-order valence-corrected chi connectivity index (χ2v) is 6.40. The normalized spacial score (nSPS) is 15.3. The zero-order valence-corrected chi connectivity index (χ0v) is 16.3. The molecule has 8 heteroatoms. The predicted octanol–water partition coefficient (Wildman–Crippen LogP) is 2.69. The van der Waals surface area contributed by atoms with Gasteiger partial charge < -0.3 is 30.2 Å². The number of nitrogen functional groups attached to an aromatic ring is 1. The Morgan fingerprint density at radius 3 is 2.41 bits per heavy atom. The number of nitrogens with zero attached hydrogens (tertiary/aromatic N) is 3. The molecule has 2 heterocycles. The standard InChI is InChI=1S/C19H27N5O3/c1-5-6-7-24-15(23-16-18(20)21-11-22-19(16)24)10-12-8-13(25-2)17(27-4)14(9-12)26-3/h8-9,11,15,23H,5-7,10H2,1-4H3,(H2,20,21,22). The summed E-state index contributed by atoms with van der Waals surface area (Å²) in [5.41, 5.74) is 7.91. The minimum absolute atomic E-state index is 0.0216. The Morgan fingerprint density at radius 1 is 1.11 bits per heavy atom. The largest absolute Gasteiger partial charge is 0.493 e. The van der Waals surface area contributed by atoms with E-state index in [9.17, 15) is 0 Å². The van der Waals surface area contributed by atoms with Crippen molar-refractivity contribution in [3.8, 4) is 17.2 Å². The zero-order chi connectivity index (χ0) is 19.4. The van der Waals surface area contributed by atoms with Gasteiger partial charge in [0.15, 0.2) is 23.1 Å². The van der Waals surface area contributed by atoms with Crippen LogP contribution in [0.4, 0.5) is 17.3 Å². The minimum Gasteiger partial charge on any atom is -0.493 e. The van der Waals surface area contributed by atoms with E-state index < -0.39 is 0 Å². The van der Waals surface area contributed by atoms with Gasteiger partial charge in [-0.3, -0.25) is 0 Å². The second kappa shape index (κ2) is 8.20. The first-order valence-corrected chi connectivity index (χ1v) is 9.05. The summed E-state index contributed by atoms with van der Waals surface area (Å²) in [6.45, 7) is 3.06. The predicted molar refractivity (Wildman–Crippen MR) is 106 cm³/mol. The van der Waals surface area contributed by atoms with Gasteiger partial charge in [-0.15, -0.1) is 0 Å². The number of methoxy groups -OCH3 is 3. The molecule has 27 heavy (non-hydrogen) atoms. The van der Waals surface area contributed by atoms with Crippen LogP contribution in [0.5, 0.6) is 17.2 Å². The fourth-order valence-electron chi connectivity index (χ4n) is 3.37. The van der Waals surface area contributed by atoms with Crippen LogP contribution in [0.25, 0.3) is 0 Å². The third-order valence-electron chi connectivity index (χ3n) is 4.72. The summed E-state index contributed by atoms with van der Waals surface area (Å²) in [5, 5.41) is 3.48. The summed E-state index contributed by atoms with van der Waals surface area (Å²) in [5.74, 6) is 3.19. The number of fused-ring (bicyclic) bond motifs is 1. The molecule has 3 N–H and O–H groups in total. The van der Waals surface area contributed by atoms with Crippen molar-refractivity contribution in [2.75, 3.05) is 43.8 Å². The summed E-state index contributed by atoms with van der Waals surface area (Å²) in [6, 6.07) is 3.94. The van der Waals surface area contributed by atoms with Crippen LogP contribution in [-0.4, -0.2) is 44.0 Å². The van der Waals surface area contributed by atoms with Crippen molar-refractivity contribution in [3.05, 3.63) is 24.0 Å². The zero-order valence-electron chi connectivity index (χ0n) is 16.3. The fourth-order valence-corrected chi connectivity index (χ4v) is 3.37. The van der Waals surface area contributed by atoms with Gasteiger partial charge in [-0.25, -0.2) is 9.97 Å². The number of nitrogens with one attached hydrogen (secondary N) is 1. The Morgan fingerprint density at radius 2 is 1.81 bits per heavy atom. The molecule has 1 aliphatic heterocycles. The number of aromatic nitrogens is 2. The van der Waals surface area contributed by atoms with Gasteiger partial charge in [0.2, 0.25) is 5.75 Å². The van der Waals surface area contributed by atoms with Crippen molar-refractivity contribution in [2.45, 2.75) is 32.4 Å². The number of hydrogen-bond donors (Lipinski definition) is 2. The summed E-state index contributed by atoms with van der Waals surface area (Å²) < 4.78 is 16.4. The maximum atomic E-state index is 6.05. The Balaban J connectivity index is 1.91. The highest BCUT2D eigenvalue weighted by atomic mass is 16.5. The number of benzene rings is 1. The molecule has 2 aromatic rings. The molecule has 1 unspecified atom stereocenters. The van der Waals surface area contributed by atoms with Gasteiger partial charge >= 0.3 is 0 Å². The minimum atomic E-state index is 0.0216. The Hall–Kier alpha value is -2.90. The average molecular weight is 373 g/mol. The summed E-state index contributed by atoms with van der Waals surface area (Å²) in [7, 11) is 4.84. The van der Waals surface area contributed by atoms with E-state index in [0.29, 0.717) is 23.1 Å². The molecule has 0 saturated heterocycles. The first kappa shape index (κ1) is 18.9. The molecule has 1 aromatic heterocycles. The number of hydrogen-bond acceptors (Lipinski definition) is 8. The van der Waals surface area contributed by atoms with Crippen LogP contribution in [0, 0.1) is 0 Å². The first-order chi connectivity index (χ1) is 13.1. The van der Waals surface area contributed by atoms with Crippen LogP contribution in [0.15, 0.2) is 18.5 Å². The van der Waals surface area contributed by atoms with E-state index in [1.54, 1.807) is 21.3 Å². The van der Waals surface area contributed by atoms with E-state index in [4.69, 9.17) is 19.9 Å². The molecule has 0 spiro atoms. The van der Waals surface area contributed by atoms with E-state index in [-0.39, 0.29) is 6.17 Å². The molecule has 146 valence electrons. The van der Waals surface area contributed by atoms with Crippen molar-refractivity contribution in [3.63, 3.8) is 0 Å². The Bertz CT molecular complexity index is 774. The Labute approximate surface area is 159 Å². The molecule has 0 fully saturated rings. The van der Waals surface area contributed by atoms with Crippen molar-refractivity contribution in [2.24, 2.45) is 0 Å². The monoisotopic (exact) mass is 373 g/mol. The van der Waals surface area contributed by atoms with Crippen LogP contribution in [0.1, 0.15) is 25.3 Å². The molecule has 0 amide bonds.